The van der Waals surface area contributed by atoms with Crippen LogP contribution < -0.4 is 5.73 Å². The number of carbonyl (C=O) groups is 2. The quantitative estimate of drug-likeness (QED) is 0.194. The smallest absolute Gasteiger partial charge is 0.303 e. The maximum Gasteiger partial charge on any atom is 0.303 e. The summed E-state index contributed by atoms with van der Waals surface area (Å²) in [5.74, 6) is 0.317. The number of allylic oxidation sites excluding steroid dienone is 3. The second-order valence-electron chi connectivity index (χ2n) is 16.5. The lowest BCUT2D eigenvalue weighted by Crippen LogP contribution is -2.72. The van der Waals surface area contributed by atoms with Crippen LogP contribution in [0.3, 0.4) is 0 Å². The second kappa shape index (κ2) is 10.8. The van der Waals surface area contributed by atoms with Gasteiger partial charge in [-0.25, -0.2) is 0 Å². The lowest BCUT2D eigenvalue weighted by Gasteiger charge is -2.70. The summed E-state index contributed by atoms with van der Waals surface area (Å²) in [6, 6.07) is 0. The third-order valence-corrected chi connectivity index (χ3v) is 14.6. The van der Waals surface area contributed by atoms with Gasteiger partial charge in [-0.3, -0.25) is 9.59 Å². The van der Waals surface area contributed by atoms with Gasteiger partial charge in [0.25, 0.3) is 0 Å². The zero-order chi connectivity index (χ0) is 31.1. The number of aliphatic hydroxyl groups excluding tert-OH is 2. The Morgan fingerprint density at radius 2 is 1.56 bits per heavy atom. The summed E-state index contributed by atoms with van der Waals surface area (Å²) in [5.41, 5.74) is 10.6. The number of carbonyl (C=O) groups excluding carboxylic acids is 2. The normalized spacial score (nSPS) is 49.2. The van der Waals surface area contributed by atoms with Gasteiger partial charge in [0, 0.05) is 18.0 Å². The van der Waals surface area contributed by atoms with Crippen molar-refractivity contribution in [2.45, 2.75) is 155 Å². The Morgan fingerprint density at radius 3 is 2.21 bits per heavy atom. The first-order valence-corrected chi connectivity index (χ1v) is 17.5. The summed E-state index contributed by atoms with van der Waals surface area (Å²) in [7, 11) is 0. The standard InChI is InChI=1S/C37H57NO5/c1-21-27-14-17-35(5)33(34(27,4)16-15-28(21)41)29(42)19-37(38)32(30(43-23(3)40)20-36(35,37)6)31(22(2)39)26-13-9-12-25(18-26)24-10-7-8-11-24/h21,26-30,33,41-42H,7-20,38H2,1-6H3/b32-31-/t21-,26?,27-,28+,29+,30-,33-,34-,35-,36+,37+/m0/s1. The number of nitrogens with two attached hydrogens (primary N) is 1. The Kier molecular flexibility index (Phi) is 7.91. The molecule has 6 fully saturated rings. The minimum Gasteiger partial charge on any atom is -0.458 e. The molecule has 1 unspecified atom stereocenters. The summed E-state index contributed by atoms with van der Waals surface area (Å²) in [5, 5.41) is 23.1. The Morgan fingerprint density at radius 1 is 0.884 bits per heavy atom. The van der Waals surface area contributed by atoms with Crippen molar-refractivity contribution in [1.29, 1.82) is 0 Å². The average Bonchev–Trinajstić information content (AvgIpc) is 3.53. The van der Waals surface area contributed by atoms with Crippen LogP contribution in [0.1, 0.15) is 131 Å². The molecule has 0 saturated heterocycles. The Hall–Kier alpha value is -1.50. The highest BCUT2D eigenvalue weighted by Gasteiger charge is 2.75. The largest absolute Gasteiger partial charge is 0.458 e. The van der Waals surface area contributed by atoms with E-state index in [9.17, 15) is 19.8 Å². The zero-order valence-electron chi connectivity index (χ0n) is 27.6. The molecule has 6 saturated carbocycles. The van der Waals surface area contributed by atoms with Gasteiger partial charge in [0.05, 0.1) is 12.2 Å². The molecule has 43 heavy (non-hydrogen) atoms. The summed E-state index contributed by atoms with van der Waals surface area (Å²) in [6.07, 6.45) is 11.9. The van der Waals surface area contributed by atoms with Crippen LogP contribution in [0.5, 0.6) is 0 Å². The molecule has 0 aromatic heterocycles. The average molecular weight is 596 g/mol. The van der Waals surface area contributed by atoms with Crippen molar-refractivity contribution in [1.82, 2.24) is 0 Å². The fourth-order valence-electron chi connectivity index (χ4n) is 12.5. The molecule has 6 aliphatic rings. The maximum absolute atomic E-state index is 13.8. The lowest BCUT2D eigenvalue weighted by atomic mass is 9.35. The van der Waals surface area contributed by atoms with Gasteiger partial charge in [-0.05, 0) is 142 Å². The van der Waals surface area contributed by atoms with E-state index in [0.717, 1.165) is 62.5 Å². The highest BCUT2D eigenvalue weighted by atomic mass is 16.5. The van der Waals surface area contributed by atoms with Crippen LogP contribution in [0.15, 0.2) is 22.3 Å². The molecule has 6 heteroatoms. The molecule has 0 aromatic carbocycles. The molecule has 0 spiro atoms. The van der Waals surface area contributed by atoms with Gasteiger partial charge in [0.15, 0.2) is 5.78 Å². The Labute approximate surface area is 259 Å². The van der Waals surface area contributed by atoms with E-state index in [1.54, 1.807) is 18.1 Å². The van der Waals surface area contributed by atoms with Gasteiger partial charge in [-0.1, -0.05) is 38.8 Å². The minimum absolute atomic E-state index is 0.0156. The van der Waals surface area contributed by atoms with Gasteiger partial charge in [0.1, 0.15) is 6.10 Å². The maximum atomic E-state index is 13.8. The molecule has 0 heterocycles. The number of fused-ring (bicyclic) bond motifs is 5. The Balaban J connectivity index is 1.49. The molecule has 6 aliphatic carbocycles. The van der Waals surface area contributed by atoms with Gasteiger partial charge in [0.2, 0.25) is 0 Å². The molecule has 4 N–H and O–H groups in total. The highest BCUT2D eigenvalue weighted by molar-refractivity contribution is 5.95. The third-order valence-electron chi connectivity index (χ3n) is 14.6. The number of ketones is 1. The minimum atomic E-state index is -0.958. The Bertz CT molecular complexity index is 1230. The molecule has 6 rings (SSSR count). The van der Waals surface area contributed by atoms with Crippen LogP contribution in [0, 0.1) is 39.9 Å². The van der Waals surface area contributed by atoms with Crippen molar-refractivity contribution in [2.24, 2.45) is 45.7 Å². The van der Waals surface area contributed by atoms with Crippen LogP contribution in [-0.4, -0.2) is 45.8 Å². The molecule has 0 bridgehead atoms. The van der Waals surface area contributed by atoms with E-state index in [1.165, 1.54) is 32.6 Å². The predicted molar refractivity (Wildman–Crippen MR) is 168 cm³/mol. The van der Waals surface area contributed by atoms with Gasteiger partial charge in [-0.2, -0.15) is 0 Å². The van der Waals surface area contributed by atoms with Crippen molar-refractivity contribution >= 4 is 11.8 Å². The molecule has 6 nitrogen and oxygen atoms in total. The molecule has 0 aromatic rings. The number of esters is 1. The van der Waals surface area contributed by atoms with Crippen molar-refractivity contribution in [3.63, 3.8) is 0 Å². The van der Waals surface area contributed by atoms with Gasteiger partial charge >= 0.3 is 5.97 Å². The lowest BCUT2D eigenvalue weighted by molar-refractivity contribution is -0.238. The number of hydrogen-bond acceptors (Lipinski definition) is 6. The summed E-state index contributed by atoms with van der Waals surface area (Å²) >= 11 is 0. The number of ether oxygens (including phenoxy) is 1. The summed E-state index contributed by atoms with van der Waals surface area (Å²) in [6.45, 7) is 12.3. The first-order valence-electron chi connectivity index (χ1n) is 17.5. The SMILES string of the molecule is CC(=O)O[C@H]1C[C@@]2(C)[C@@](N)(C[C@@H](O)[C@H]3[C@@]4(C)CC[C@@H](O)[C@@H](C)[C@@H]4CC[C@@]32C)/C1=C(/C(C)=O)C1CCCC(=C2CCCC2)C1. The monoisotopic (exact) mass is 595 g/mol. The van der Waals surface area contributed by atoms with E-state index in [2.05, 4.69) is 27.7 Å². The molecular weight excluding hydrogens is 538 g/mol. The van der Waals surface area contributed by atoms with Crippen molar-refractivity contribution in [2.75, 3.05) is 0 Å². The van der Waals surface area contributed by atoms with Crippen molar-refractivity contribution < 1.29 is 24.5 Å². The number of hydrogen-bond donors (Lipinski definition) is 3. The molecule has 0 amide bonds. The van der Waals surface area contributed by atoms with Gasteiger partial charge < -0.3 is 20.7 Å². The van der Waals surface area contributed by atoms with E-state index < -0.39 is 23.2 Å². The topological polar surface area (TPSA) is 110 Å². The van der Waals surface area contributed by atoms with Crippen LogP contribution in [0.25, 0.3) is 0 Å². The van der Waals surface area contributed by atoms with E-state index in [0.29, 0.717) is 18.8 Å². The molecule has 0 radical (unpaired) electrons. The van der Waals surface area contributed by atoms with Gasteiger partial charge in [-0.15, -0.1) is 0 Å². The summed E-state index contributed by atoms with van der Waals surface area (Å²) < 4.78 is 6.16. The van der Waals surface area contributed by atoms with E-state index in [-0.39, 0.29) is 46.4 Å². The van der Waals surface area contributed by atoms with Crippen LogP contribution in [0.2, 0.25) is 0 Å². The molecule has 11 atom stereocenters. The van der Waals surface area contributed by atoms with Crippen LogP contribution in [0.4, 0.5) is 0 Å². The number of aliphatic hydroxyl groups is 2. The number of Topliss-reactive ketones (excluding diaryl/α,β-unsaturated/α-hetero) is 1. The van der Waals surface area contributed by atoms with E-state index in [1.807, 2.05) is 0 Å². The van der Waals surface area contributed by atoms with Crippen LogP contribution in [-0.2, 0) is 14.3 Å². The van der Waals surface area contributed by atoms with Crippen LogP contribution >= 0.6 is 0 Å². The molecular formula is C37H57NO5. The van der Waals surface area contributed by atoms with E-state index >= 15 is 0 Å². The van der Waals surface area contributed by atoms with Crippen molar-refractivity contribution in [3.05, 3.63) is 22.3 Å². The molecule has 0 aliphatic heterocycles. The third kappa shape index (κ3) is 4.50. The van der Waals surface area contributed by atoms with Crippen molar-refractivity contribution in [3.8, 4) is 0 Å². The highest BCUT2D eigenvalue weighted by Crippen LogP contribution is 2.75. The zero-order valence-corrected chi connectivity index (χ0v) is 27.6. The first kappa shape index (κ1) is 31.5. The fraction of sp³-hybridized carbons (Fsp3) is 0.838. The number of rotatable bonds is 3. The molecule has 240 valence electrons. The predicted octanol–water partition coefficient (Wildman–Crippen LogP) is 6.57. The second-order valence-corrected chi connectivity index (χ2v) is 16.5. The first-order chi connectivity index (χ1) is 20.2. The summed E-state index contributed by atoms with van der Waals surface area (Å²) in [4.78, 5) is 26.4. The fourth-order valence-corrected chi connectivity index (χ4v) is 12.5. The van der Waals surface area contributed by atoms with E-state index in [4.69, 9.17) is 10.5 Å².